The first-order chi connectivity index (χ1) is 6.06. The first kappa shape index (κ1) is 9.98. The van der Waals surface area contributed by atoms with Crippen molar-refractivity contribution in [2.45, 2.75) is 0 Å². The summed E-state index contributed by atoms with van der Waals surface area (Å²) < 4.78 is 13.5. The highest BCUT2D eigenvalue weighted by Crippen LogP contribution is 2.24. The number of hydrogen-bond donors (Lipinski definition) is 2. The van der Waals surface area contributed by atoms with Gasteiger partial charge in [0.05, 0.1) is 11.3 Å². The van der Waals surface area contributed by atoms with Crippen molar-refractivity contribution in [2.24, 2.45) is 0 Å². The van der Waals surface area contributed by atoms with Crippen molar-refractivity contribution in [2.75, 3.05) is 12.4 Å². The van der Waals surface area contributed by atoms with E-state index in [4.69, 9.17) is 5.11 Å². The average Bonchev–Trinajstić information content (AvgIpc) is 2.02. The van der Waals surface area contributed by atoms with E-state index in [2.05, 4.69) is 21.2 Å². The standard InChI is InChI=1S/C8H7BrFNO2/c1-11-7-5(8(12)13)2-4(9)3-6(7)10/h2-3,11H,1H3,(H,12,13). The van der Waals surface area contributed by atoms with Gasteiger partial charge in [0.2, 0.25) is 0 Å². The number of nitrogens with one attached hydrogen (secondary N) is 1. The quantitative estimate of drug-likeness (QED) is 0.844. The van der Waals surface area contributed by atoms with Gasteiger partial charge in [-0.2, -0.15) is 0 Å². The van der Waals surface area contributed by atoms with Crippen LogP contribution in [0.4, 0.5) is 10.1 Å². The number of aromatic carboxylic acids is 1. The van der Waals surface area contributed by atoms with Crippen LogP contribution in [-0.2, 0) is 0 Å². The molecule has 0 heterocycles. The Hall–Kier alpha value is -1.10. The third kappa shape index (κ3) is 1.98. The van der Waals surface area contributed by atoms with Crippen molar-refractivity contribution in [1.29, 1.82) is 0 Å². The van der Waals surface area contributed by atoms with Gasteiger partial charge in [-0.05, 0) is 12.1 Å². The van der Waals surface area contributed by atoms with Crippen LogP contribution < -0.4 is 5.32 Å². The minimum absolute atomic E-state index is 0.00398. The predicted molar refractivity (Wildman–Crippen MR) is 50.6 cm³/mol. The van der Waals surface area contributed by atoms with E-state index in [1.54, 1.807) is 0 Å². The van der Waals surface area contributed by atoms with Gasteiger partial charge in [0.1, 0.15) is 5.82 Å². The number of halogens is 2. The lowest BCUT2D eigenvalue weighted by atomic mass is 10.1. The third-order valence-electron chi connectivity index (χ3n) is 1.54. The van der Waals surface area contributed by atoms with E-state index in [1.165, 1.54) is 19.2 Å². The number of carboxylic acid groups (broad SMARTS) is 1. The molecule has 0 amide bonds. The van der Waals surface area contributed by atoms with E-state index < -0.39 is 11.8 Å². The normalized spacial score (nSPS) is 9.77. The molecule has 0 aliphatic carbocycles. The summed E-state index contributed by atoms with van der Waals surface area (Å²) in [6, 6.07) is 2.55. The number of hydrogen-bond acceptors (Lipinski definition) is 2. The second-order valence-corrected chi connectivity index (χ2v) is 3.28. The molecule has 0 radical (unpaired) electrons. The van der Waals surface area contributed by atoms with Crippen molar-refractivity contribution in [3.05, 3.63) is 28.0 Å². The molecular formula is C8H7BrFNO2. The van der Waals surface area contributed by atoms with E-state index in [9.17, 15) is 9.18 Å². The molecule has 0 spiro atoms. The van der Waals surface area contributed by atoms with Gasteiger partial charge in [0.25, 0.3) is 0 Å². The Morgan fingerprint density at radius 3 is 2.69 bits per heavy atom. The van der Waals surface area contributed by atoms with E-state index in [0.29, 0.717) is 4.47 Å². The first-order valence-electron chi connectivity index (χ1n) is 3.46. The third-order valence-corrected chi connectivity index (χ3v) is 1.99. The fraction of sp³-hybridized carbons (Fsp3) is 0.125. The number of rotatable bonds is 2. The monoisotopic (exact) mass is 247 g/mol. The summed E-state index contributed by atoms with van der Waals surface area (Å²) in [4.78, 5) is 10.7. The Morgan fingerprint density at radius 1 is 1.62 bits per heavy atom. The molecule has 0 fully saturated rings. The second-order valence-electron chi connectivity index (χ2n) is 2.37. The van der Waals surface area contributed by atoms with Crippen molar-refractivity contribution in [3.8, 4) is 0 Å². The van der Waals surface area contributed by atoms with Crippen LogP contribution in [0, 0.1) is 5.82 Å². The lowest BCUT2D eigenvalue weighted by Gasteiger charge is -2.06. The fourth-order valence-corrected chi connectivity index (χ4v) is 1.43. The minimum Gasteiger partial charge on any atom is -0.478 e. The van der Waals surface area contributed by atoms with Crippen molar-refractivity contribution < 1.29 is 14.3 Å². The van der Waals surface area contributed by atoms with Gasteiger partial charge in [-0.25, -0.2) is 9.18 Å². The van der Waals surface area contributed by atoms with Crippen LogP contribution in [0.1, 0.15) is 10.4 Å². The second kappa shape index (κ2) is 3.74. The van der Waals surface area contributed by atoms with Crippen molar-refractivity contribution >= 4 is 27.6 Å². The Balaban J connectivity index is 3.38. The molecule has 0 unspecified atom stereocenters. The van der Waals surface area contributed by atoms with E-state index in [-0.39, 0.29) is 11.3 Å². The average molecular weight is 248 g/mol. The minimum atomic E-state index is -1.16. The molecule has 1 aromatic carbocycles. The number of carbonyl (C=O) groups is 1. The van der Waals surface area contributed by atoms with Gasteiger partial charge in [-0.3, -0.25) is 0 Å². The van der Waals surface area contributed by atoms with Gasteiger partial charge < -0.3 is 10.4 Å². The molecule has 3 nitrogen and oxygen atoms in total. The van der Waals surface area contributed by atoms with E-state index in [0.717, 1.165) is 0 Å². The summed E-state index contributed by atoms with van der Waals surface area (Å²) in [6.45, 7) is 0. The van der Waals surface area contributed by atoms with Gasteiger partial charge in [-0.1, -0.05) is 15.9 Å². The smallest absolute Gasteiger partial charge is 0.337 e. The molecule has 0 aliphatic rings. The molecule has 0 bridgehead atoms. The summed E-state index contributed by atoms with van der Waals surface area (Å²) >= 11 is 3.01. The largest absolute Gasteiger partial charge is 0.478 e. The van der Waals surface area contributed by atoms with Gasteiger partial charge in [-0.15, -0.1) is 0 Å². The van der Waals surface area contributed by atoms with Crippen LogP contribution in [0.3, 0.4) is 0 Å². The highest BCUT2D eigenvalue weighted by molar-refractivity contribution is 9.10. The highest BCUT2D eigenvalue weighted by Gasteiger charge is 2.14. The van der Waals surface area contributed by atoms with Crippen LogP contribution in [0.15, 0.2) is 16.6 Å². The predicted octanol–water partition coefficient (Wildman–Crippen LogP) is 2.33. The van der Waals surface area contributed by atoms with Crippen LogP contribution in [0.25, 0.3) is 0 Å². The fourth-order valence-electron chi connectivity index (χ4n) is 0.996. The van der Waals surface area contributed by atoms with Crippen LogP contribution in [0.2, 0.25) is 0 Å². The van der Waals surface area contributed by atoms with Gasteiger partial charge >= 0.3 is 5.97 Å². The zero-order valence-electron chi connectivity index (χ0n) is 6.77. The topological polar surface area (TPSA) is 49.3 Å². The van der Waals surface area contributed by atoms with Crippen molar-refractivity contribution in [1.82, 2.24) is 0 Å². The molecule has 5 heteroatoms. The van der Waals surface area contributed by atoms with Crippen molar-refractivity contribution in [3.63, 3.8) is 0 Å². The van der Waals surface area contributed by atoms with Crippen LogP contribution in [-0.4, -0.2) is 18.1 Å². The maximum absolute atomic E-state index is 13.1. The Kier molecular flexibility index (Phi) is 2.87. The maximum Gasteiger partial charge on any atom is 0.337 e. The summed E-state index contributed by atoms with van der Waals surface area (Å²) in [7, 11) is 1.47. The Labute approximate surface area is 82.7 Å². The lowest BCUT2D eigenvalue weighted by molar-refractivity contribution is 0.0697. The zero-order valence-corrected chi connectivity index (χ0v) is 8.35. The zero-order chi connectivity index (χ0) is 10.0. The molecule has 0 aromatic heterocycles. The molecule has 0 saturated heterocycles. The summed E-state index contributed by atoms with van der Waals surface area (Å²) in [6.07, 6.45) is 0. The molecule has 2 N–H and O–H groups in total. The number of anilines is 1. The van der Waals surface area contributed by atoms with Crippen LogP contribution in [0.5, 0.6) is 0 Å². The molecule has 0 atom stereocenters. The Bertz CT molecular complexity index is 354. The molecule has 0 saturated carbocycles. The molecule has 1 aromatic rings. The van der Waals surface area contributed by atoms with Gasteiger partial charge in [0.15, 0.2) is 0 Å². The first-order valence-corrected chi connectivity index (χ1v) is 4.25. The van der Waals surface area contributed by atoms with E-state index >= 15 is 0 Å². The summed E-state index contributed by atoms with van der Waals surface area (Å²) in [5.74, 6) is -1.75. The number of carboxylic acids is 1. The molecule has 0 aliphatic heterocycles. The summed E-state index contributed by atoms with van der Waals surface area (Å²) in [5.41, 5.74) is -0.0925. The Morgan fingerprint density at radius 2 is 2.23 bits per heavy atom. The number of benzene rings is 1. The lowest BCUT2D eigenvalue weighted by Crippen LogP contribution is -2.04. The maximum atomic E-state index is 13.1. The molecular weight excluding hydrogens is 241 g/mol. The molecule has 70 valence electrons. The SMILES string of the molecule is CNc1c(F)cc(Br)cc1C(=O)O. The highest BCUT2D eigenvalue weighted by atomic mass is 79.9. The van der Waals surface area contributed by atoms with Gasteiger partial charge in [0, 0.05) is 11.5 Å². The molecule has 13 heavy (non-hydrogen) atoms. The van der Waals surface area contributed by atoms with Crippen LogP contribution >= 0.6 is 15.9 Å². The summed E-state index contributed by atoms with van der Waals surface area (Å²) in [5, 5.41) is 11.2. The molecule has 1 rings (SSSR count). The van der Waals surface area contributed by atoms with E-state index in [1.807, 2.05) is 0 Å².